The lowest BCUT2D eigenvalue weighted by atomic mass is 10.0. The van der Waals surface area contributed by atoms with Crippen LogP contribution in [-0.4, -0.2) is 46.0 Å². The van der Waals surface area contributed by atoms with Crippen LogP contribution in [0, 0.1) is 0 Å². The summed E-state index contributed by atoms with van der Waals surface area (Å²) in [4.78, 5) is 8.59. The molecule has 27 heavy (non-hydrogen) atoms. The summed E-state index contributed by atoms with van der Waals surface area (Å²) in [5.41, 5.74) is 2.17. The second-order valence-corrected chi connectivity index (χ2v) is 6.07. The van der Waals surface area contributed by atoms with Crippen LogP contribution in [0.15, 0.2) is 72.1 Å². The van der Waals surface area contributed by atoms with E-state index in [-0.39, 0.29) is 12.5 Å². The Morgan fingerprint density at radius 2 is 2.00 bits per heavy atom. The third-order valence-electron chi connectivity index (χ3n) is 4.24. The molecule has 0 fully saturated rings. The molecule has 140 valence electrons. The lowest BCUT2D eigenvalue weighted by Gasteiger charge is -2.18. The molecule has 3 N–H and O–H groups in total. The van der Waals surface area contributed by atoms with Crippen LogP contribution in [0.2, 0.25) is 0 Å². The summed E-state index contributed by atoms with van der Waals surface area (Å²) in [6.07, 6.45) is 5.35. The summed E-state index contributed by atoms with van der Waals surface area (Å²) >= 11 is 0. The number of pyridine rings is 1. The van der Waals surface area contributed by atoms with Crippen LogP contribution >= 0.6 is 0 Å². The average Bonchev–Trinajstić information content (AvgIpc) is 3.27. The zero-order chi connectivity index (χ0) is 18.9. The maximum atomic E-state index is 9.68. The predicted molar refractivity (Wildman–Crippen MR) is 106 cm³/mol. The highest BCUT2D eigenvalue weighted by atomic mass is 16.3. The Bertz CT molecular complexity index is 848. The molecule has 0 amide bonds. The number of aliphatic hydroxyl groups excluding tert-OH is 1. The molecule has 0 bridgehead atoms. The SMILES string of the molecule is CN=C(NCc1ccnc(-n2cccn2)c1)NCC(CO)c1ccccc1. The van der Waals surface area contributed by atoms with E-state index in [1.807, 2.05) is 54.7 Å². The van der Waals surface area contributed by atoms with Crippen molar-refractivity contribution >= 4 is 5.96 Å². The molecule has 3 rings (SSSR count). The van der Waals surface area contributed by atoms with Gasteiger partial charge in [0.25, 0.3) is 0 Å². The predicted octanol–water partition coefficient (Wildman–Crippen LogP) is 1.71. The standard InChI is InChI=1S/C20H24N6O/c1-21-20(24-14-18(15-27)17-6-3-2-4-7-17)23-13-16-8-10-22-19(12-16)26-11-5-9-25-26/h2-12,18,27H,13-15H2,1H3,(H2,21,23,24). The number of guanidine groups is 1. The lowest BCUT2D eigenvalue weighted by Crippen LogP contribution is -2.39. The van der Waals surface area contributed by atoms with Crippen molar-refractivity contribution in [2.24, 2.45) is 4.99 Å². The zero-order valence-corrected chi connectivity index (χ0v) is 15.3. The van der Waals surface area contributed by atoms with Crippen molar-refractivity contribution in [2.45, 2.75) is 12.5 Å². The van der Waals surface area contributed by atoms with Crippen molar-refractivity contribution in [3.8, 4) is 5.82 Å². The molecular weight excluding hydrogens is 340 g/mol. The molecule has 3 aromatic rings. The van der Waals surface area contributed by atoms with Gasteiger partial charge in [0.1, 0.15) is 0 Å². The van der Waals surface area contributed by atoms with Crippen LogP contribution in [0.1, 0.15) is 17.0 Å². The number of aliphatic imine (C=N–C) groups is 1. The summed E-state index contributed by atoms with van der Waals surface area (Å²) in [6, 6.07) is 15.8. The van der Waals surface area contributed by atoms with E-state index >= 15 is 0 Å². The van der Waals surface area contributed by atoms with Gasteiger partial charge in [0.2, 0.25) is 0 Å². The van der Waals surface area contributed by atoms with Crippen molar-refractivity contribution in [3.63, 3.8) is 0 Å². The van der Waals surface area contributed by atoms with Crippen LogP contribution in [0.5, 0.6) is 0 Å². The molecule has 2 aromatic heterocycles. The van der Waals surface area contributed by atoms with Crippen molar-refractivity contribution < 1.29 is 5.11 Å². The highest BCUT2D eigenvalue weighted by Crippen LogP contribution is 2.13. The summed E-state index contributed by atoms with van der Waals surface area (Å²) < 4.78 is 1.72. The number of benzene rings is 1. The molecule has 1 unspecified atom stereocenters. The molecule has 1 aromatic carbocycles. The largest absolute Gasteiger partial charge is 0.396 e. The minimum atomic E-state index is 0.0112. The van der Waals surface area contributed by atoms with E-state index in [4.69, 9.17) is 0 Å². The van der Waals surface area contributed by atoms with Gasteiger partial charge in [-0.1, -0.05) is 30.3 Å². The van der Waals surface area contributed by atoms with Gasteiger partial charge < -0.3 is 15.7 Å². The van der Waals surface area contributed by atoms with Crippen molar-refractivity contribution in [1.82, 2.24) is 25.4 Å². The van der Waals surface area contributed by atoms with Crippen molar-refractivity contribution in [3.05, 3.63) is 78.2 Å². The van der Waals surface area contributed by atoms with Gasteiger partial charge >= 0.3 is 0 Å². The van der Waals surface area contributed by atoms with E-state index < -0.39 is 0 Å². The van der Waals surface area contributed by atoms with Crippen molar-refractivity contribution in [2.75, 3.05) is 20.2 Å². The molecule has 7 heteroatoms. The van der Waals surface area contributed by atoms with Gasteiger partial charge in [-0.15, -0.1) is 0 Å². The highest BCUT2D eigenvalue weighted by molar-refractivity contribution is 5.79. The number of hydrogen-bond donors (Lipinski definition) is 3. The Balaban J connectivity index is 1.56. The number of aliphatic hydroxyl groups is 1. The third kappa shape index (κ3) is 5.15. The third-order valence-corrected chi connectivity index (χ3v) is 4.24. The van der Waals surface area contributed by atoms with Gasteiger partial charge in [0.05, 0.1) is 6.61 Å². The Hall–Kier alpha value is -3.19. The minimum absolute atomic E-state index is 0.0112. The van der Waals surface area contributed by atoms with Gasteiger partial charge in [-0.3, -0.25) is 4.99 Å². The van der Waals surface area contributed by atoms with Gasteiger partial charge in [-0.2, -0.15) is 5.10 Å². The fraction of sp³-hybridized carbons (Fsp3) is 0.250. The number of hydrogen-bond acceptors (Lipinski definition) is 4. The average molecular weight is 364 g/mol. The van der Waals surface area contributed by atoms with Gasteiger partial charge in [-0.05, 0) is 29.3 Å². The van der Waals surface area contributed by atoms with Crippen LogP contribution < -0.4 is 10.6 Å². The lowest BCUT2D eigenvalue weighted by molar-refractivity contribution is 0.265. The molecule has 0 aliphatic heterocycles. The van der Waals surface area contributed by atoms with E-state index in [9.17, 15) is 5.11 Å². The molecule has 0 radical (unpaired) electrons. The molecule has 0 saturated heterocycles. The quantitative estimate of drug-likeness (QED) is 0.439. The monoisotopic (exact) mass is 364 g/mol. The van der Waals surface area contributed by atoms with Crippen LogP contribution in [-0.2, 0) is 6.54 Å². The fourth-order valence-electron chi connectivity index (χ4n) is 2.74. The Labute approximate surface area is 158 Å². The van der Waals surface area contributed by atoms with Gasteiger partial charge in [0.15, 0.2) is 11.8 Å². The van der Waals surface area contributed by atoms with Gasteiger partial charge in [0, 0.05) is 44.6 Å². The van der Waals surface area contributed by atoms with E-state index in [1.54, 1.807) is 24.1 Å². The fourth-order valence-corrected chi connectivity index (χ4v) is 2.74. The molecule has 0 aliphatic carbocycles. The maximum absolute atomic E-state index is 9.68. The van der Waals surface area contributed by atoms with E-state index in [1.165, 1.54) is 0 Å². The minimum Gasteiger partial charge on any atom is -0.396 e. The van der Waals surface area contributed by atoms with Crippen LogP contribution in [0.4, 0.5) is 0 Å². The second kappa shape index (κ2) is 9.49. The first-order valence-electron chi connectivity index (χ1n) is 8.85. The molecule has 2 heterocycles. The molecule has 1 atom stereocenters. The Kier molecular flexibility index (Phi) is 6.54. The van der Waals surface area contributed by atoms with E-state index in [0.29, 0.717) is 19.0 Å². The smallest absolute Gasteiger partial charge is 0.191 e. The van der Waals surface area contributed by atoms with Crippen LogP contribution in [0.3, 0.4) is 0 Å². The molecule has 0 spiro atoms. The van der Waals surface area contributed by atoms with Crippen LogP contribution in [0.25, 0.3) is 5.82 Å². The maximum Gasteiger partial charge on any atom is 0.191 e. The number of nitrogens with zero attached hydrogens (tertiary/aromatic N) is 4. The number of aromatic nitrogens is 3. The highest BCUT2D eigenvalue weighted by Gasteiger charge is 2.11. The number of nitrogens with one attached hydrogen (secondary N) is 2. The zero-order valence-electron chi connectivity index (χ0n) is 15.3. The normalized spacial score (nSPS) is 12.6. The van der Waals surface area contributed by atoms with E-state index in [0.717, 1.165) is 16.9 Å². The first-order valence-corrected chi connectivity index (χ1v) is 8.85. The second-order valence-electron chi connectivity index (χ2n) is 6.07. The van der Waals surface area contributed by atoms with Gasteiger partial charge in [-0.25, -0.2) is 9.67 Å². The molecule has 0 aliphatic rings. The summed E-state index contributed by atoms with van der Waals surface area (Å²) in [5, 5.41) is 20.4. The molecular formula is C20H24N6O. The summed E-state index contributed by atoms with van der Waals surface area (Å²) in [6.45, 7) is 1.27. The summed E-state index contributed by atoms with van der Waals surface area (Å²) in [5.74, 6) is 1.46. The first-order chi connectivity index (χ1) is 13.3. The van der Waals surface area contributed by atoms with Crippen molar-refractivity contribution in [1.29, 1.82) is 0 Å². The summed E-state index contributed by atoms with van der Waals surface area (Å²) in [7, 11) is 1.73. The first kappa shape index (κ1) is 18.6. The Morgan fingerprint density at radius 1 is 1.15 bits per heavy atom. The molecule has 7 nitrogen and oxygen atoms in total. The molecule has 0 saturated carbocycles. The Morgan fingerprint density at radius 3 is 2.70 bits per heavy atom. The topological polar surface area (TPSA) is 87.4 Å². The number of rotatable bonds is 7. The van der Waals surface area contributed by atoms with E-state index in [2.05, 4.69) is 25.7 Å².